The van der Waals surface area contributed by atoms with E-state index in [1.807, 2.05) is 26.0 Å². The lowest BCUT2D eigenvalue weighted by Crippen LogP contribution is -2.51. The predicted octanol–water partition coefficient (Wildman–Crippen LogP) is 4.44. The van der Waals surface area contributed by atoms with Crippen LogP contribution in [0.2, 0.25) is 10.0 Å². The van der Waals surface area contributed by atoms with Crippen molar-refractivity contribution in [3.63, 3.8) is 0 Å². The van der Waals surface area contributed by atoms with Crippen molar-refractivity contribution >= 4 is 50.7 Å². The minimum absolute atomic E-state index is 0.0390. The highest BCUT2D eigenvalue weighted by Crippen LogP contribution is 2.29. The van der Waals surface area contributed by atoms with Crippen molar-refractivity contribution in [3.8, 4) is 0 Å². The van der Waals surface area contributed by atoms with E-state index in [1.54, 1.807) is 37.3 Å². The lowest BCUT2D eigenvalue weighted by molar-refractivity contribution is -0.140. The van der Waals surface area contributed by atoms with E-state index < -0.39 is 28.5 Å². The fourth-order valence-electron chi connectivity index (χ4n) is 3.72. The molecule has 0 aromatic heterocycles. The van der Waals surface area contributed by atoms with Crippen LogP contribution in [-0.4, -0.2) is 51.0 Å². The highest BCUT2D eigenvalue weighted by Gasteiger charge is 2.32. The van der Waals surface area contributed by atoms with Gasteiger partial charge in [0.2, 0.25) is 21.8 Å². The van der Waals surface area contributed by atoms with Crippen LogP contribution >= 0.6 is 23.2 Å². The van der Waals surface area contributed by atoms with E-state index in [4.69, 9.17) is 23.2 Å². The number of sulfonamides is 1. The molecule has 2 rings (SSSR count). The Kier molecular flexibility index (Phi) is 9.79. The average molecular weight is 529 g/mol. The number of carbonyl (C=O) groups is 2. The topological polar surface area (TPSA) is 86.8 Å². The average Bonchev–Trinajstić information content (AvgIpc) is 2.78. The number of hydrogen-bond donors (Lipinski definition) is 1. The Morgan fingerprint density at radius 2 is 1.71 bits per heavy atom. The van der Waals surface area contributed by atoms with Crippen molar-refractivity contribution in [2.75, 3.05) is 24.2 Å². The number of hydrogen-bond acceptors (Lipinski definition) is 4. The summed E-state index contributed by atoms with van der Waals surface area (Å²) in [7, 11) is -2.30. The molecular formula is C24H31Cl2N3O4S. The molecule has 1 atom stereocenters. The van der Waals surface area contributed by atoms with Gasteiger partial charge in [-0.25, -0.2) is 8.42 Å². The Bertz CT molecular complexity index is 1140. The summed E-state index contributed by atoms with van der Waals surface area (Å²) in [5, 5.41) is 3.28. The van der Waals surface area contributed by atoms with E-state index in [0.717, 1.165) is 16.1 Å². The van der Waals surface area contributed by atoms with Gasteiger partial charge in [-0.2, -0.15) is 0 Å². The Hall–Kier alpha value is -2.29. The van der Waals surface area contributed by atoms with Crippen LogP contribution in [0, 0.1) is 0 Å². The number of nitrogens with zero attached hydrogens (tertiary/aromatic N) is 2. The van der Waals surface area contributed by atoms with Gasteiger partial charge >= 0.3 is 0 Å². The summed E-state index contributed by atoms with van der Waals surface area (Å²) in [5.74, 6) is -0.813. The number of amides is 2. The maximum Gasteiger partial charge on any atom is 0.244 e. The van der Waals surface area contributed by atoms with Gasteiger partial charge in [-0.05, 0) is 41.7 Å². The molecule has 0 radical (unpaired) electrons. The summed E-state index contributed by atoms with van der Waals surface area (Å²) < 4.78 is 26.7. The number of halogens is 2. The van der Waals surface area contributed by atoms with Crippen LogP contribution in [0.5, 0.6) is 0 Å². The third-order valence-corrected chi connectivity index (χ3v) is 7.34. The van der Waals surface area contributed by atoms with E-state index in [9.17, 15) is 18.0 Å². The van der Waals surface area contributed by atoms with Crippen LogP contribution in [-0.2, 0) is 26.2 Å². The van der Waals surface area contributed by atoms with E-state index >= 15 is 0 Å². The molecule has 0 bridgehead atoms. The molecular weight excluding hydrogens is 497 g/mol. The van der Waals surface area contributed by atoms with Crippen LogP contribution in [0.15, 0.2) is 42.5 Å². The van der Waals surface area contributed by atoms with Gasteiger partial charge in [-0.3, -0.25) is 13.9 Å². The zero-order valence-corrected chi connectivity index (χ0v) is 22.3. The smallest absolute Gasteiger partial charge is 0.244 e. The SMILES string of the molecule is CC[C@@H](C(=O)NC)N(Cc1ccc(Cl)c(Cl)c1)C(=O)CN(c1ccccc1C(C)C)S(C)(=O)=O. The number of nitrogens with one attached hydrogen (secondary N) is 1. The second-order valence-corrected chi connectivity index (χ2v) is 11.0. The third-order valence-electron chi connectivity index (χ3n) is 5.48. The summed E-state index contributed by atoms with van der Waals surface area (Å²) in [6, 6.07) is 11.3. The van der Waals surface area contributed by atoms with Gasteiger partial charge in [0.05, 0.1) is 22.0 Å². The van der Waals surface area contributed by atoms with Crippen molar-refractivity contribution in [3.05, 3.63) is 63.6 Å². The second-order valence-electron chi connectivity index (χ2n) is 8.29. The molecule has 0 aliphatic heterocycles. The van der Waals surface area contributed by atoms with E-state index in [-0.39, 0.29) is 18.4 Å². The first-order valence-corrected chi connectivity index (χ1v) is 13.5. The van der Waals surface area contributed by atoms with Gasteiger partial charge in [-0.15, -0.1) is 0 Å². The lowest BCUT2D eigenvalue weighted by atomic mass is 10.0. The largest absolute Gasteiger partial charge is 0.357 e. The minimum atomic E-state index is -3.80. The highest BCUT2D eigenvalue weighted by atomic mass is 35.5. The number of rotatable bonds is 10. The van der Waals surface area contributed by atoms with Gasteiger partial charge in [-0.1, -0.05) is 68.2 Å². The summed E-state index contributed by atoms with van der Waals surface area (Å²) in [5.41, 5.74) is 1.91. The molecule has 0 aliphatic rings. The van der Waals surface area contributed by atoms with Gasteiger partial charge in [0.15, 0.2) is 0 Å². The fourth-order valence-corrected chi connectivity index (χ4v) is 4.91. The van der Waals surface area contributed by atoms with Crippen molar-refractivity contribution in [2.24, 2.45) is 0 Å². The van der Waals surface area contributed by atoms with Gasteiger partial charge in [0.1, 0.15) is 12.6 Å². The molecule has 10 heteroatoms. The first-order chi connectivity index (χ1) is 15.9. The molecule has 7 nitrogen and oxygen atoms in total. The first kappa shape index (κ1) is 28.0. The monoisotopic (exact) mass is 527 g/mol. The van der Waals surface area contributed by atoms with Crippen LogP contribution in [0.1, 0.15) is 44.2 Å². The molecule has 0 heterocycles. The van der Waals surface area contributed by atoms with E-state index in [0.29, 0.717) is 27.7 Å². The van der Waals surface area contributed by atoms with Crippen molar-refractivity contribution < 1.29 is 18.0 Å². The molecule has 0 unspecified atom stereocenters. The lowest BCUT2D eigenvalue weighted by Gasteiger charge is -2.33. The molecule has 1 N–H and O–H groups in total. The van der Waals surface area contributed by atoms with Crippen LogP contribution in [0.25, 0.3) is 0 Å². The fraction of sp³-hybridized carbons (Fsp3) is 0.417. The minimum Gasteiger partial charge on any atom is -0.357 e. The molecule has 186 valence electrons. The molecule has 0 aliphatic carbocycles. The van der Waals surface area contributed by atoms with Gasteiger partial charge < -0.3 is 10.2 Å². The Balaban J connectivity index is 2.51. The van der Waals surface area contributed by atoms with Crippen LogP contribution in [0.4, 0.5) is 5.69 Å². The molecule has 34 heavy (non-hydrogen) atoms. The molecule has 0 saturated heterocycles. The maximum atomic E-state index is 13.6. The summed E-state index contributed by atoms with van der Waals surface area (Å²) in [6.45, 7) is 5.31. The van der Waals surface area contributed by atoms with Crippen LogP contribution < -0.4 is 9.62 Å². The second kappa shape index (κ2) is 11.9. The zero-order chi connectivity index (χ0) is 25.6. The van der Waals surface area contributed by atoms with E-state index in [2.05, 4.69) is 5.32 Å². The Morgan fingerprint density at radius 3 is 2.24 bits per heavy atom. The molecule has 2 amide bonds. The Labute approximate surface area is 212 Å². The summed E-state index contributed by atoms with van der Waals surface area (Å²) >= 11 is 12.2. The normalized spacial score (nSPS) is 12.4. The van der Waals surface area contributed by atoms with E-state index in [1.165, 1.54) is 11.9 Å². The molecule has 0 spiro atoms. The summed E-state index contributed by atoms with van der Waals surface area (Å²) in [4.78, 5) is 27.6. The number of anilines is 1. The standard InChI is InChI=1S/C24H31Cl2N3O4S/c1-6-21(24(31)27-4)28(14-17-11-12-19(25)20(26)13-17)23(30)15-29(34(5,32)33)22-10-8-7-9-18(22)16(2)3/h7-13,16,21H,6,14-15H2,1-5H3,(H,27,31)/t21-/m0/s1. The zero-order valence-electron chi connectivity index (χ0n) is 20.0. The van der Waals surface area contributed by atoms with Crippen molar-refractivity contribution in [2.45, 2.75) is 45.7 Å². The van der Waals surface area contributed by atoms with Crippen LogP contribution in [0.3, 0.4) is 0 Å². The Morgan fingerprint density at radius 1 is 1.06 bits per heavy atom. The summed E-state index contributed by atoms with van der Waals surface area (Å²) in [6.07, 6.45) is 1.41. The predicted molar refractivity (Wildman–Crippen MR) is 138 cm³/mol. The molecule has 2 aromatic rings. The third kappa shape index (κ3) is 6.87. The van der Waals surface area contributed by atoms with Gasteiger partial charge in [0.25, 0.3) is 0 Å². The number of likely N-dealkylation sites (N-methyl/N-ethyl adjacent to an activating group) is 1. The van der Waals surface area contributed by atoms with Gasteiger partial charge in [0, 0.05) is 13.6 Å². The highest BCUT2D eigenvalue weighted by molar-refractivity contribution is 7.92. The number of benzene rings is 2. The molecule has 0 saturated carbocycles. The maximum absolute atomic E-state index is 13.6. The number of carbonyl (C=O) groups excluding carboxylic acids is 2. The first-order valence-electron chi connectivity index (χ1n) is 10.9. The molecule has 0 fully saturated rings. The van der Waals surface area contributed by atoms with Crippen molar-refractivity contribution in [1.29, 1.82) is 0 Å². The number of para-hydroxylation sites is 1. The van der Waals surface area contributed by atoms with Crippen molar-refractivity contribution in [1.82, 2.24) is 10.2 Å². The quantitative estimate of drug-likeness (QED) is 0.494. The molecule has 2 aromatic carbocycles.